The molecule has 5 heteroatoms. The molecule has 5 nitrogen and oxygen atoms in total. The lowest BCUT2D eigenvalue weighted by Crippen LogP contribution is -2.28. The third-order valence-corrected chi connectivity index (χ3v) is 3.32. The van der Waals surface area contributed by atoms with E-state index in [2.05, 4.69) is 0 Å². The molecule has 0 aliphatic carbocycles. The van der Waals surface area contributed by atoms with Crippen molar-refractivity contribution < 1.29 is 23.8 Å². The lowest BCUT2D eigenvalue weighted by molar-refractivity contribution is -0.149. The van der Waals surface area contributed by atoms with Crippen molar-refractivity contribution in [2.24, 2.45) is 5.92 Å². The number of benzene rings is 1. The van der Waals surface area contributed by atoms with Gasteiger partial charge in [0.2, 0.25) is 0 Å². The minimum absolute atomic E-state index is 0.241. The van der Waals surface area contributed by atoms with Gasteiger partial charge in [0, 0.05) is 11.5 Å². The van der Waals surface area contributed by atoms with Crippen LogP contribution in [0.4, 0.5) is 0 Å². The highest BCUT2D eigenvalue weighted by Gasteiger charge is 2.33. The molecule has 20 heavy (non-hydrogen) atoms. The molecule has 0 spiro atoms. The van der Waals surface area contributed by atoms with Gasteiger partial charge in [0.25, 0.3) is 0 Å². The average Bonchev–Trinajstić information content (AvgIpc) is 2.45. The molecule has 0 saturated heterocycles. The van der Waals surface area contributed by atoms with Gasteiger partial charge in [-0.15, -0.1) is 0 Å². The molecule has 0 heterocycles. The molecule has 0 aromatic heterocycles. The summed E-state index contributed by atoms with van der Waals surface area (Å²) in [5.41, 5.74) is 0.734. The molecule has 2 atom stereocenters. The van der Waals surface area contributed by atoms with Crippen molar-refractivity contribution in [1.29, 1.82) is 0 Å². The molecular weight excluding hydrogens is 260 g/mol. The number of ketones is 1. The highest BCUT2D eigenvalue weighted by atomic mass is 16.5. The summed E-state index contributed by atoms with van der Waals surface area (Å²) in [7, 11) is 4.37. The van der Waals surface area contributed by atoms with Crippen LogP contribution in [0.1, 0.15) is 25.3 Å². The molecule has 2 unspecified atom stereocenters. The number of carbonyl (C=O) groups is 2. The summed E-state index contributed by atoms with van der Waals surface area (Å²) in [6.45, 7) is 3.17. The maximum atomic E-state index is 11.8. The maximum absolute atomic E-state index is 11.8. The Kier molecular flexibility index (Phi) is 5.55. The number of Topliss-reactive ketones (excluding diaryl/α,β-unsaturated/α-hetero) is 1. The molecule has 0 N–H and O–H groups in total. The van der Waals surface area contributed by atoms with Crippen LogP contribution in [0.5, 0.6) is 11.5 Å². The zero-order chi connectivity index (χ0) is 15.3. The van der Waals surface area contributed by atoms with E-state index in [-0.39, 0.29) is 11.7 Å². The Hall–Kier alpha value is -2.04. The van der Waals surface area contributed by atoms with E-state index in [0.717, 1.165) is 5.56 Å². The number of hydrogen-bond acceptors (Lipinski definition) is 5. The van der Waals surface area contributed by atoms with E-state index in [4.69, 9.17) is 14.2 Å². The Morgan fingerprint density at radius 1 is 1.10 bits per heavy atom. The summed E-state index contributed by atoms with van der Waals surface area (Å²) in [4.78, 5) is 23.5. The number of carbonyl (C=O) groups excluding carboxylic acids is 2. The summed E-state index contributed by atoms with van der Waals surface area (Å²) < 4.78 is 15.2. The lowest BCUT2D eigenvalue weighted by Gasteiger charge is -2.22. The van der Waals surface area contributed by atoms with Crippen molar-refractivity contribution in [1.82, 2.24) is 0 Å². The molecule has 0 bridgehead atoms. The first-order chi connectivity index (χ1) is 9.46. The molecule has 0 radical (unpaired) electrons. The number of ether oxygens (including phenoxy) is 3. The van der Waals surface area contributed by atoms with E-state index in [9.17, 15) is 9.59 Å². The molecule has 1 aromatic carbocycles. The largest absolute Gasteiger partial charge is 0.497 e. The zero-order valence-electron chi connectivity index (χ0n) is 12.4. The second-order valence-corrected chi connectivity index (χ2v) is 4.51. The molecule has 0 saturated carbocycles. The summed E-state index contributed by atoms with van der Waals surface area (Å²) in [6.07, 6.45) is 0. The molecule has 0 aliphatic heterocycles. The first-order valence-corrected chi connectivity index (χ1v) is 6.26. The van der Waals surface area contributed by atoms with Crippen molar-refractivity contribution in [2.45, 2.75) is 19.8 Å². The second-order valence-electron chi connectivity index (χ2n) is 4.51. The van der Waals surface area contributed by atoms with E-state index in [1.54, 1.807) is 39.3 Å². The smallest absolute Gasteiger partial charge is 0.316 e. The minimum atomic E-state index is -0.860. The van der Waals surface area contributed by atoms with Crippen molar-refractivity contribution in [2.75, 3.05) is 21.3 Å². The Morgan fingerprint density at radius 2 is 1.75 bits per heavy atom. The van der Waals surface area contributed by atoms with Crippen LogP contribution >= 0.6 is 0 Å². The summed E-state index contributed by atoms with van der Waals surface area (Å²) >= 11 is 0. The molecule has 0 amide bonds. The van der Waals surface area contributed by atoms with Gasteiger partial charge < -0.3 is 14.2 Å². The molecule has 1 rings (SSSR count). The fourth-order valence-electron chi connectivity index (χ4n) is 2.22. The van der Waals surface area contributed by atoms with E-state index < -0.39 is 11.9 Å². The van der Waals surface area contributed by atoms with Crippen molar-refractivity contribution >= 4 is 11.8 Å². The highest BCUT2D eigenvalue weighted by molar-refractivity contribution is 5.98. The van der Waals surface area contributed by atoms with Crippen LogP contribution in [0.2, 0.25) is 0 Å². The van der Waals surface area contributed by atoms with Gasteiger partial charge in [-0.1, -0.05) is 6.92 Å². The molecule has 0 aliphatic rings. The van der Waals surface area contributed by atoms with Gasteiger partial charge in [0.05, 0.1) is 21.3 Å². The van der Waals surface area contributed by atoms with Crippen molar-refractivity contribution in [3.63, 3.8) is 0 Å². The molecular formula is C15H20O5. The standard InChI is InChI=1S/C15H20O5/c1-9(14(10(2)16)15(17)20-5)12-8-11(18-3)6-7-13(12)19-4/h6-9,14H,1-5H3. The van der Waals surface area contributed by atoms with Gasteiger partial charge >= 0.3 is 5.97 Å². The van der Waals surface area contributed by atoms with Crippen molar-refractivity contribution in [3.8, 4) is 11.5 Å². The fourth-order valence-corrected chi connectivity index (χ4v) is 2.22. The predicted molar refractivity (Wildman–Crippen MR) is 74.1 cm³/mol. The maximum Gasteiger partial charge on any atom is 0.316 e. The van der Waals surface area contributed by atoms with E-state index >= 15 is 0 Å². The number of rotatable bonds is 6. The van der Waals surface area contributed by atoms with Crippen LogP contribution in [0.3, 0.4) is 0 Å². The van der Waals surface area contributed by atoms with Crippen LogP contribution in [-0.2, 0) is 14.3 Å². The van der Waals surface area contributed by atoms with Gasteiger partial charge in [-0.3, -0.25) is 9.59 Å². The Labute approximate surface area is 118 Å². The summed E-state index contributed by atoms with van der Waals surface area (Å²) in [6, 6.07) is 5.28. The van der Waals surface area contributed by atoms with Gasteiger partial charge in [-0.25, -0.2) is 0 Å². The van der Waals surface area contributed by atoms with Crippen LogP contribution in [0, 0.1) is 5.92 Å². The number of hydrogen-bond donors (Lipinski definition) is 0. The van der Waals surface area contributed by atoms with Crippen LogP contribution in [0.15, 0.2) is 18.2 Å². The molecule has 110 valence electrons. The zero-order valence-corrected chi connectivity index (χ0v) is 12.4. The van der Waals surface area contributed by atoms with Crippen molar-refractivity contribution in [3.05, 3.63) is 23.8 Å². The lowest BCUT2D eigenvalue weighted by atomic mass is 9.84. The Balaban J connectivity index is 3.25. The predicted octanol–water partition coefficient (Wildman–Crippen LogP) is 2.19. The Morgan fingerprint density at radius 3 is 2.20 bits per heavy atom. The number of esters is 1. The number of methoxy groups -OCH3 is 3. The van der Waals surface area contributed by atoms with Gasteiger partial charge in [0.15, 0.2) is 0 Å². The average molecular weight is 280 g/mol. The third kappa shape index (κ3) is 3.29. The topological polar surface area (TPSA) is 61.8 Å². The van der Waals surface area contributed by atoms with Gasteiger partial charge in [0.1, 0.15) is 23.2 Å². The highest BCUT2D eigenvalue weighted by Crippen LogP contribution is 2.35. The SMILES string of the molecule is COC(=O)C(C(C)=O)C(C)c1cc(OC)ccc1OC. The Bertz CT molecular complexity index is 495. The fraction of sp³-hybridized carbons (Fsp3) is 0.467. The van der Waals surface area contributed by atoms with Gasteiger partial charge in [-0.2, -0.15) is 0 Å². The monoisotopic (exact) mass is 280 g/mol. The van der Waals surface area contributed by atoms with E-state index in [1.165, 1.54) is 14.0 Å². The van der Waals surface area contributed by atoms with E-state index in [0.29, 0.717) is 11.5 Å². The summed E-state index contributed by atoms with van der Waals surface area (Å²) in [5, 5.41) is 0. The quantitative estimate of drug-likeness (QED) is 0.590. The third-order valence-electron chi connectivity index (χ3n) is 3.32. The minimum Gasteiger partial charge on any atom is -0.497 e. The molecule has 1 aromatic rings. The first-order valence-electron chi connectivity index (χ1n) is 6.26. The second kappa shape index (κ2) is 6.93. The van der Waals surface area contributed by atoms with Crippen LogP contribution < -0.4 is 9.47 Å². The van der Waals surface area contributed by atoms with Gasteiger partial charge in [-0.05, 0) is 25.1 Å². The normalized spacial score (nSPS) is 13.2. The summed E-state index contributed by atoms with van der Waals surface area (Å²) in [5.74, 6) is -0.775. The van der Waals surface area contributed by atoms with E-state index in [1.807, 2.05) is 0 Å². The first kappa shape index (κ1) is 16.0. The van der Waals surface area contributed by atoms with Crippen LogP contribution in [0.25, 0.3) is 0 Å². The molecule has 0 fully saturated rings. The van der Waals surface area contributed by atoms with Crippen LogP contribution in [-0.4, -0.2) is 33.1 Å².